The molecular weight excluding hydrogens is 633 g/mol. The molecule has 2 aliphatic heterocycles. The average molecular weight is 669 g/mol. The molecule has 10 rings (SSSR count). The van der Waals surface area contributed by atoms with Gasteiger partial charge in [0.25, 0.3) is 0 Å². The zero-order valence-corrected chi connectivity index (χ0v) is 29.1. The van der Waals surface area contributed by atoms with Crippen LogP contribution in [0.25, 0.3) is 33.0 Å². The van der Waals surface area contributed by atoms with E-state index in [1.807, 2.05) is 6.07 Å². The Morgan fingerprint density at radius 1 is 0.481 bits per heavy atom. The molecule has 0 bridgehead atoms. The Kier molecular flexibility index (Phi) is 6.84. The largest absolute Gasteiger partial charge is 0.453 e. The standard InChI is InChI=1S/C49H36N2O/c1-49(2)41-18-8-9-19-43(41)51-44-20-10-11-22-45(44)52-46-32-31-40(47(49)48(46)51)36-25-29-38(30-26-36)50(42-21-12-16-35-15-6-7-17-39(35)42)37-27-23-34(24-28-37)33-13-4-3-5-14-33/h3-32H,1-2H3. The van der Waals surface area contributed by atoms with E-state index in [-0.39, 0.29) is 5.41 Å². The smallest absolute Gasteiger partial charge is 0.151 e. The van der Waals surface area contributed by atoms with E-state index in [1.54, 1.807) is 0 Å². The summed E-state index contributed by atoms with van der Waals surface area (Å²) in [6, 6.07) is 65.3. The highest BCUT2D eigenvalue weighted by Crippen LogP contribution is 2.61. The fraction of sp³-hybridized carbons (Fsp3) is 0.0612. The maximum atomic E-state index is 6.60. The molecular formula is C49H36N2O. The van der Waals surface area contributed by atoms with Crippen molar-refractivity contribution < 1.29 is 4.74 Å². The summed E-state index contributed by atoms with van der Waals surface area (Å²) in [5.74, 6) is 1.76. The lowest BCUT2D eigenvalue weighted by Crippen LogP contribution is -2.33. The third-order valence-electron chi connectivity index (χ3n) is 10.8. The van der Waals surface area contributed by atoms with Crippen LogP contribution in [0.5, 0.6) is 11.5 Å². The first kappa shape index (κ1) is 30.3. The van der Waals surface area contributed by atoms with Crippen LogP contribution in [0.3, 0.4) is 0 Å². The van der Waals surface area contributed by atoms with Gasteiger partial charge in [0.15, 0.2) is 11.5 Å². The van der Waals surface area contributed by atoms with Gasteiger partial charge in [0.1, 0.15) is 0 Å². The zero-order chi connectivity index (χ0) is 34.8. The molecule has 0 unspecified atom stereocenters. The van der Waals surface area contributed by atoms with Crippen LogP contribution in [-0.2, 0) is 5.41 Å². The van der Waals surface area contributed by atoms with Gasteiger partial charge < -0.3 is 14.5 Å². The molecule has 0 amide bonds. The van der Waals surface area contributed by atoms with Gasteiger partial charge in [0, 0.05) is 22.2 Å². The number of ether oxygens (including phenoxy) is 1. The summed E-state index contributed by atoms with van der Waals surface area (Å²) >= 11 is 0. The molecule has 0 fully saturated rings. The van der Waals surface area contributed by atoms with Crippen molar-refractivity contribution in [3.63, 3.8) is 0 Å². The summed E-state index contributed by atoms with van der Waals surface area (Å²) in [7, 11) is 0. The van der Waals surface area contributed by atoms with E-state index in [4.69, 9.17) is 4.74 Å². The van der Waals surface area contributed by atoms with E-state index in [0.29, 0.717) is 0 Å². The molecule has 0 saturated heterocycles. The second kappa shape index (κ2) is 11.8. The zero-order valence-electron chi connectivity index (χ0n) is 29.1. The van der Waals surface area contributed by atoms with E-state index in [0.717, 1.165) is 39.9 Å². The molecule has 0 aromatic heterocycles. The molecule has 0 radical (unpaired) electrons. The van der Waals surface area contributed by atoms with Crippen LogP contribution in [0.15, 0.2) is 182 Å². The predicted octanol–water partition coefficient (Wildman–Crippen LogP) is 13.9. The lowest BCUT2D eigenvalue weighted by atomic mass is 9.70. The number of benzene rings is 8. The summed E-state index contributed by atoms with van der Waals surface area (Å²) < 4.78 is 6.60. The summed E-state index contributed by atoms with van der Waals surface area (Å²) in [6.07, 6.45) is 0. The maximum Gasteiger partial charge on any atom is 0.151 e. The van der Waals surface area contributed by atoms with Crippen LogP contribution in [0.4, 0.5) is 34.1 Å². The molecule has 3 heteroatoms. The minimum atomic E-state index is -0.266. The predicted molar refractivity (Wildman–Crippen MR) is 216 cm³/mol. The number of rotatable bonds is 5. The number of anilines is 6. The number of hydrogen-bond donors (Lipinski definition) is 0. The third-order valence-corrected chi connectivity index (χ3v) is 10.8. The van der Waals surface area contributed by atoms with E-state index < -0.39 is 0 Å². The number of fused-ring (bicyclic) bond motifs is 5. The van der Waals surface area contributed by atoms with Crippen LogP contribution in [-0.4, -0.2) is 0 Å². The lowest BCUT2D eigenvalue weighted by Gasteiger charge is -2.45. The number of nitrogens with zero attached hydrogens (tertiary/aromatic N) is 2. The van der Waals surface area contributed by atoms with Gasteiger partial charge in [0.2, 0.25) is 0 Å². The highest BCUT2D eigenvalue weighted by Gasteiger charge is 2.43. The van der Waals surface area contributed by atoms with Crippen molar-refractivity contribution in [1.82, 2.24) is 0 Å². The topological polar surface area (TPSA) is 15.7 Å². The van der Waals surface area contributed by atoms with Gasteiger partial charge in [-0.15, -0.1) is 0 Å². The van der Waals surface area contributed by atoms with Gasteiger partial charge in [-0.05, 0) is 93.4 Å². The average Bonchev–Trinajstić information content (AvgIpc) is 3.20. The molecule has 8 aromatic rings. The molecule has 0 atom stereocenters. The summed E-state index contributed by atoms with van der Waals surface area (Å²) in [5, 5.41) is 2.42. The maximum absolute atomic E-state index is 6.60. The van der Waals surface area contributed by atoms with Gasteiger partial charge >= 0.3 is 0 Å². The van der Waals surface area contributed by atoms with Gasteiger partial charge in [0.05, 0.1) is 22.7 Å². The summed E-state index contributed by atoms with van der Waals surface area (Å²) in [6.45, 7) is 4.69. The molecule has 0 saturated carbocycles. The second-order valence-electron chi connectivity index (χ2n) is 14.2. The normalized spacial score (nSPS) is 13.5. The van der Waals surface area contributed by atoms with Gasteiger partial charge in [-0.25, -0.2) is 0 Å². The Morgan fingerprint density at radius 2 is 1.10 bits per heavy atom. The van der Waals surface area contributed by atoms with Crippen molar-refractivity contribution in [1.29, 1.82) is 0 Å². The first-order valence-electron chi connectivity index (χ1n) is 17.9. The Labute approximate surface area is 304 Å². The summed E-state index contributed by atoms with van der Waals surface area (Å²) in [4.78, 5) is 4.79. The van der Waals surface area contributed by atoms with E-state index in [1.165, 1.54) is 49.8 Å². The van der Waals surface area contributed by atoms with Crippen molar-refractivity contribution in [2.24, 2.45) is 0 Å². The van der Waals surface area contributed by atoms with E-state index >= 15 is 0 Å². The van der Waals surface area contributed by atoms with Crippen molar-refractivity contribution in [3.8, 4) is 33.8 Å². The third kappa shape index (κ3) is 4.66. The Bertz CT molecular complexity index is 2620. The number of para-hydroxylation sites is 3. The molecule has 248 valence electrons. The molecule has 0 aliphatic carbocycles. The summed E-state index contributed by atoms with van der Waals surface area (Å²) in [5.41, 5.74) is 13.8. The Morgan fingerprint density at radius 3 is 1.88 bits per heavy atom. The van der Waals surface area contributed by atoms with Crippen molar-refractivity contribution >= 4 is 44.9 Å². The molecule has 3 nitrogen and oxygen atoms in total. The minimum absolute atomic E-state index is 0.266. The van der Waals surface area contributed by atoms with Crippen molar-refractivity contribution in [2.75, 3.05) is 9.80 Å². The van der Waals surface area contributed by atoms with Crippen LogP contribution < -0.4 is 14.5 Å². The fourth-order valence-electron chi connectivity index (χ4n) is 8.35. The second-order valence-corrected chi connectivity index (χ2v) is 14.2. The van der Waals surface area contributed by atoms with Crippen LogP contribution in [0, 0.1) is 0 Å². The first-order chi connectivity index (χ1) is 25.6. The molecule has 0 N–H and O–H groups in total. The van der Waals surface area contributed by atoms with Gasteiger partial charge in [-0.2, -0.15) is 0 Å². The fourth-order valence-corrected chi connectivity index (χ4v) is 8.35. The van der Waals surface area contributed by atoms with Crippen LogP contribution >= 0.6 is 0 Å². The minimum Gasteiger partial charge on any atom is -0.453 e. The highest BCUT2D eigenvalue weighted by atomic mass is 16.5. The quantitative estimate of drug-likeness (QED) is 0.182. The molecule has 2 heterocycles. The van der Waals surface area contributed by atoms with Crippen LogP contribution in [0.1, 0.15) is 25.0 Å². The molecule has 0 spiro atoms. The number of hydrogen-bond acceptors (Lipinski definition) is 3. The first-order valence-corrected chi connectivity index (χ1v) is 17.9. The Balaban J connectivity index is 1.12. The van der Waals surface area contributed by atoms with E-state index in [9.17, 15) is 0 Å². The Hall–Kier alpha value is -6.58. The van der Waals surface area contributed by atoms with Gasteiger partial charge in [-0.3, -0.25) is 0 Å². The SMILES string of the molecule is CC1(C)c2ccccc2N2c3ccccc3Oc3ccc(-c4ccc(N(c5ccc(-c6ccccc6)cc5)c5cccc6ccccc56)cc4)c1c32. The lowest BCUT2D eigenvalue weighted by molar-refractivity contribution is 0.471. The van der Waals surface area contributed by atoms with Crippen molar-refractivity contribution in [2.45, 2.75) is 19.3 Å². The van der Waals surface area contributed by atoms with Crippen LogP contribution in [0.2, 0.25) is 0 Å². The monoisotopic (exact) mass is 668 g/mol. The molecule has 2 aliphatic rings. The van der Waals surface area contributed by atoms with E-state index in [2.05, 4.69) is 200 Å². The van der Waals surface area contributed by atoms with Crippen molar-refractivity contribution in [3.05, 3.63) is 193 Å². The van der Waals surface area contributed by atoms with Gasteiger partial charge in [-0.1, -0.05) is 141 Å². The highest BCUT2D eigenvalue weighted by molar-refractivity contribution is 6.00. The molecule has 52 heavy (non-hydrogen) atoms. The molecule has 8 aromatic carbocycles.